The summed E-state index contributed by atoms with van der Waals surface area (Å²) < 4.78 is 1.63. The summed E-state index contributed by atoms with van der Waals surface area (Å²) in [6, 6.07) is 7.88. The van der Waals surface area contributed by atoms with Crippen molar-refractivity contribution in [1.29, 1.82) is 0 Å². The molecule has 2 rings (SSSR count). The molecule has 0 spiro atoms. The van der Waals surface area contributed by atoms with Crippen molar-refractivity contribution in [1.82, 2.24) is 15.1 Å². The van der Waals surface area contributed by atoms with Crippen LogP contribution >= 0.6 is 0 Å². The lowest BCUT2D eigenvalue weighted by Gasteiger charge is -2.07. The standard InChI is InChI=1S/C16H20N4O3/c1-3-4-13-9-14(20(2)19-13)18-16(23)17-10-11-5-7-12(8-6-11)15(21)22/h5-9H,3-4,10H2,1-2H3,(H,21,22)(H2,17,18,23). The lowest BCUT2D eigenvalue weighted by Crippen LogP contribution is -2.29. The molecular weight excluding hydrogens is 296 g/mol. The first-order valence-electron chi connectivity index (χ1n) is 7.39. The predicted molar refractivity (Wildman–Crippen MR) is 86.5 cm³/mol. The van der Waals surface area contributed by atoms with Crippen LogP contribution in [-0.4, -0.2) is 26.9 Å². The Bertz CT molecular complexity index is 692. The van der Waals surface area contributed by atoms with Crippen LogP contribution in [0.15, 0.2) is 30.3 Å². The summed E-state index contributed by atoms with van der Waals surface area (Å²) in [7, 11) is 1.78. The number of aromatic nitrogens is 2. The molecule has 0 saturated heterocycles. The molecule has 0 radical (unpaired) electrons. The van der Waals surface area contributed by atoms with Gasteiger partial charge in [0.25, 0.3) is 0 Å². The Morgan fingerprint density at radius 1 is 1.26 bits per heavy atom. The fraction of sp³-hybridized carbons (Fsp3) is 0.312. The molecule has 0 fully saturated rings. The van der Waals surface area contributed by atoms with Crippen molar-refractivity contribution < 1.29 is 14.7 Å². The molecule has 0 bridgehead atoms. The third-order valence-corrected chi connectivity index (χ3v) is 3.33. The van der Waals surface area contributed by atoms with E-state index in [2.05, 4.69) is 22.7 Å². The molecule has 0 aliphatic heterocycles. The molecule has 1 heterocycles. The molecule has 1 aromatic heterocycles. The van der Waals surface area contributed by atoms with E-state index in [1.807, 2.05) is 6.07 Å². The van der Waals surface area contributed by atoms with Crippen molar-refractivity contribution in [2.24, 2.45) is 7.05 Å². The second-order valence-corrected chi connectivity index (χ2v) is 5.20. The van der Waals surface area contributed by atoms with E-state index in [1.165, 1.54) is 12.1 Å². The summed E-state index contributed by atoms with van der Waals surface area (Å²) in [5.74, 6) is -0.339. The predicted octanol–water partition coefficient (Wildman–Crippen LogP) is 2.39. The maximum Gasteiger partial charge on any atom is 0.335 e. The normalized spacial score (nSPS) is 10.3. The van der Waals surface area contributed by atoms with Gasteiger partial charge in [0.05, 0.1) is 11.3 Å². The number of rotatable bonds is 6. The van der Waals surface area contributed by atoms with Gasteiger partial charge in [-0.25, -0.2) is 9.59 Å². The van der Waals surface area contributed by atoms with E-state index < -0.39 is 5.97 Å². The molecule has 3 N–H and O–H groups in total. The van der Waals surface area contributed by atoms with Crippen LogP contribution in [0.2, 0.25) is 0 Å². The van der Waals surface area contributed by atoms with Crippen molar-refractivity contribution in [2.75, 3.05) is 5.32 Å². The zero-order chi connectivity index (χ0) is 16.8. The van der Waals surface area contributed by atoms with Gasteiger partial charge < -0.3 is 10.4 Å². The first-order valence-corrected chi connectivity index (χ1v) is 7.39. The lowest BCUT2D eigenvalue weighted by molar-refractivity contribution is 0.0697. The second-order valence-electron chi connectivity index (χ2n) is 5.20. The van der Waals surface area contributed by atoms with Crippen LogP contribution in [0.4, 0.5) is 10.6 Å². The molecule has 0 aliphatic rings. The van der Waals surface area contributed by atoms with Gasteiger partial charge in [0.15, 0.2) is 0 Å². The number of amides is 2. The summed E-state index contributed by atoms with van der Waals surface area (Å²) in [6.07, 6.45) is 1.86. The number of nitrogens with zero attached hydrogens (tertiary/aromatic N) is 2. The van der Waals surface area contributed by atoms with Crippen LogP contribution in [0.1, 0.15) is 35.0 Å². The summed E-state index contributed by atoms with van der Waals surface area (Å²) >= 11 is 0. The van der Waals surface area contributed by atoms with E-state index in [1.54, 1.807) is 23.9 Å². The molecule has 7 nitrogen and oxygen atoms in total. The van der Waals surface area contributed by atoms with Gasteiger partial charge in [0, 0.05) is 19.7 Å². The second kappa shape index (κ2) is 7.44. The molecule has 2 aromatic rings. The van der Waals surface area contributed by atoms with E-state index in [0.717, 1.165) is 24.1 Å². The van der Waals surface area contributed by atoms with E-state index >= 15 is 0 Å². The Labute approximate surface area is 134 Å². The van der Waals surface area contributed by atoms with Gasteiger partial charge in [0.2, 0.25) is 0 Å². The van der Waals surface area contributed by atoms with Crippen LogP contribution in [0, 0.1) is 0 Å². The highest BCUT2D eigenvalue weighted by atomic mass is 16.4. The van der Waals surface area contributed by atoms with E-state index in [-0.39, 0.29) is 11.6 Å². The molecule has 2 amide bonds. The van der Waals surface area contributed by atoms with Crippen molar-refractivity contribution in [3.8, 4) is 0 Å². The topological polar surface area (TPSA) is 96.3 Å². The zero-order valence-electron chi connectivity index (χ0n) is 13.2. The SMILES string of the molecule is CCCc1cc(NC(=O)NCc2ccc(C(=O)O)cc2)n(C)n1. The van der Waals surface area contributed by atoms with Crippen LogP contribution < -0.4 is 10.6 Å². The quantitative estimate of drug-likeness (QED) is 0.762. The van der Waals surface area contributed by atoms with Gasteiger partial charge in [-0.1, -0.05) is 25.5 Å². The Balaban J connectivity index is 1.88. The highest BCUT2D eigenvalue weighted by Crippen LogP contribution is 2.10. The van der Waals surface area contributed by atoms with Crippen molar-refractivity contribution in [2.45, 2.75) is 26.3 Å². The van der Waals surface area contributed by atoms with E-state index in [0.29, 0.717) is 12.4 Å². The summed E-state index contributed by atoms with van der Waals surface area (Å²) in [5.41, 5.74) is 1.98. The Morgan fingerprint density at radius 3 is 2.57 bits per heavy atom. The van der Waals surface area contributed by atoms with Crippen LogP contribution in [-0.2, 0) is 20.0 Å². The number of aromatic carboxylic acids is 1. The van der Waals surface area contributed by atoms with Gasteiger partial charge in [-0.2, -0.15) is 5.10 Å². The number of nitrogens with one attached hydrogen (secondary N) is 2. The molecular formula is C16H20N4O3. The number of benzene rings is 1. The van der Waals surface area contributed by atoms with Gasteiger partial charge in [-0.3, -0.25) is 10.00 Å². The summed E-state index contributed by atoms with van der Waals surface area (Å²) in [6.45, 7) is 2.38. The third kappa shape index (κ3) is 4.57. The first kappa shape index (κ1) is 16.5. The maximum atomic E-state index is 11.9. The van der Waals surface area contributed by atoms with Crippen molar-refractivity contribution in [3.05, 3.63) is 47.2 Å². The molecule has 0 unspecified atom stereocenters. The first-order chi connectivity index (χ1) is 11.0. The average molecular weight is 316 g/mol. The number of carbonyl (C=O) groups is 2. The highest BCUT2D eigenvalue weighted by molar-refractivity contribution is 5.88. The zero-order valence-corrected chi connectivity index (χ0v) is 13.2. The number of anilines is 1. The largest absolute Gasteiger partial charge is 0.478 e. The molecule has 1 aromatic carbocycles. The van der Waals surface area contributed by atoms with E-state index in [9.17, 15) is 9.59 Å². The van der Waals surface area contributed by atoms with Crippen LogP contribution in [0.25, 0.3) is 0 Å². The van der Waals surface area contributed by atoms with Crippen molar-refractivity contribution in [3.63, 3.8) is 0 Å². The number of hydrogen-bond acceptors (Lipinski definition) is 3. The van der Waals surface area contributed by atoms with E-state index in [4.69, 9.17) is 5.11 Å². The van der Waals surface area contributed by atoms with Crippen LogP contribution in [0.3, 0.4) is 0 Å². The summed E-state index contributed by atoms with van der Waals surface area (Å²) in [4.78, 5) is 22.7. The van der Waals surface area contributed by atoms with Gasteiger partial charge in [0.1, 0.15) is 5.82 Å². The maximum absolute atomic E-state index is 11.9. The Kier molecular flexibility index (Phi) is 5.35. The number of hydrogen-bond donors (Lipinski definition) is 3. The fourth-order valence-corrected chi connectivity index (χ4v) is 2.13. The average Bonchev–Trinajstić information content (AvgIpc) is 2.85. The van der Waals surface area contributed by atoms with Gasteiger partial charge in [-0.05, 0) is 24.1 Å². The summed E-state index contributed by atoms with van der Waals surface area (Å²) in [5, 5.41) is 18.6. The Hall–Kier alpha value is -2.83. The fourth-order valence-electron chi connectivity index (χ4n) is 2.13. The highest BCUT2D eigenvalue weighted by Gasteiger charge is 2.08. The molecule has 0 aliphatic carbocycles. The lowest BCUT2D eigenvalue weighted by atomic mass is 10.1. The molecule has 23 heavy (non-hydrogen) atoms. The minimum Gasteiger partial charge on any atom is -0.478 e. The molecule has 122 valence electrons. The van der Waals surface area contributed by atoms with Crippen molar-refractivity contribution >= 4 is 17.8 Å². The minimum atomic E-state index is -0.971. The number of carbonyl (C=O) groups excluding carboxylic acids is 1. The number of carboxylic acids is 1. The van der Waals surface area contributed by atoms with Gasteiger partial charge in [-0.15, -0.1) is 0 Å². The monoisotopic (exact) mass is 316 g/mol. The van der Waals surface area contributed by atoms with Gasteiger partial charge >= 0.3 is 12.0 Å². The van der Waals surface area contributed by atoms with Crippen LogP contribution in [0.5, 0.6) is 0 Å². The number of urea groups is 1. The minimum absolute atomic E-state index is 0.219. The smallest absolute Gasteiger partial charge is 0.335 e. The number of aryl methyl sites for hydroxylation is 2. The third-order valence-electron chi connectivity index (χ3n) is 3.33. The molecule has 7 heteroatoms. The number of carboxylic acid groups (broad SMARTS) is 1. The Morgan fingerprint density at radius 2 is 1.96 bits per heavy atom. The molecule has 0 saturated carbocycles. The molecule has 0 atom stereocenters.